The Labute approximate surface area is 209 Å². The molecule has 4 rings (SSSR count). The van der Waals surface area contributed by atoms with Gasteiger partial charge >= 0.3 is 17.9 Å². The fraction of sp³-hybridized carbons (Fsp3) is 0.654. The van der Waals surface area contributed by atoms with E-state index in [0.717, 1.165) is 0 Å². The number of rotatable bonds is 8. The van der Waals surface area contributed by atoms with Gasteiger partial charge in [0.15, 0.2) is 11.6 Å². The zero-order valence-corrected chi connectivity index (χ0v) is 20.7. The van der Waals surface area contributed by atoms with Crippen molar-refractivity contribution in [3.05, 3.63) is 22.5 Å². The second kappa shape index (κ2) is 10.8. The van der Waals surface area contributed by atoms with Crippen LogP contribution in [0.5, 0.6) is 0 Å². The van der Waals surface area contributed by atoms with Gasteiger partial charge in [-0.15, -0.1) is 0 Å². The lowest BCUT2D eigenvalue weighted by molar-refractivity contribution is -0.143. The van der Waals surface area contributed by atoms with Crippen molar-refractivity contribution in [1.82, 2.24) is 9.80 Å². The Morgan fingerprint density at radius 1 is 0.806 bits per heavy atom. The quantitative estimate of drug-likeness (QED) is 0.475. The number of hydrogen-bond donors (Lipinski definition) is 2. The van der Waals surface area contributed by atoms with E-state index in [1.807, 2.05) is 0 Å². The van der Waals surface area contributed by atoms with Gasteiger partial charge in [-0.25, -0.2) is 9.59 Å². The summed E-state index contributed by atoms with van der Waals surface area (Å²) in [6.45, 7) is 0.974. The van der Waals surface area contributed by atoms with E-state index in [9.17, 15) is 34.2 Å². The molecule has 2 heterocycles. The Morgan fingerprint density at radius 3 is 1.64 bits per heavy atom. The van der Waals surface area contributed by atoms with Crippen LogP contribution in [0.25, 0.3) is 0 Å². The van der Waals surface area contributed by atoms with Crippen molar-refractivity contribution in [3.63, 3.8) is 0 Å². The van der Waals surface area contributed by atoms with Crippen molar-refractivity contribution in [1.29, 1.82) is 0 Å². The summed E-state index contributed by atoms with van der Waals surface area (Å²) in [5.74, 6) is -3.78. The minimum absolute atomic E-state index is 0.192. The van der Waals surface area contributed by atoms with Gasteiger partial charge in [0.1, 0.15) is 12.1 Å². The lowest BCUT2D eigenvalue weighted by Gasteiger charge is -2.37. The zero-order valence-electron chi connectivity index (χ0n) is 20.7. The van der Waals surface area contributed by atoms with Gasteiger partial charge in [0, 0.05) is 54.4 Å². The maximum absolute atomic E-state index is 13.5. The Balaban J connectivity index is 1.90. The summed E-state index contributed by atoms with van der Waals surface area (Å²) in [4.78, 5) is 67.0. The molecule has 0 radical (unpaired) electrons. The number of carbonyl (C=O) groups is 5. The van der Waals surface area contributed by atoms with E-state index >= 15 is 0 Å². The number of ether oxygens (including phenoxy) is 1. The summed E-state index contributed by atoms with van der Waals surface area (Å²) >= 11 is 0. The molecule has 36 heavy (non-hydrogen) atoms. The monoisotopic (exact) mass is 502 g/mol. The molecule has 2 N–H and O–H groups in total. The fourth-order valence-corrected chi connectivity index (χ4v) is 6.37. The number of carboxylic acids is 2. The van der Waals surface area contributed by atoms with Gasteiger partial charge in [-0.05, 0) is 51.4 Å². The summed E-state index contributed by atoms with van der Waals surface area (Å²) in [7, 11) is 1.25. The second-order valence-electron chi connectivity index (χ2n) is 9.99. The molecule has 2 atom stereocenters. The SMILES string of the molecule is COC(=O)CC(C1=C(N2CCC[C@H]2C(=O)O)CCCC1=O)C1=C(N2CCC[C@H]2C(=O)O)CCCC1=O. The number of esters is 1. The summed E-state index contributed by atoms with van der Waals surface area (Å²) in [6, 6.07) is -1.52. The predicted molar refractivity (Wildman–Crippen MR) is 127 cm³/mol. The first-order valence-corrected chi connectivity index (χ1v) is 12.8. The largest absolute Gasteiger partial charge is 0.480 e. The molecule has 4 aliphatic rings. The molecule has 0 amide bonds. The number of allylic oxidation sites excluding steroid dienone is 4. The van der Waals surface area contributed by atoms with E-state index in [1.165, 1.54) is 7.11 Å². The Kier molecular flexibility index (Phi) is 7.80. The normalized spacial score (nSPS) is 25.3. The van der Waals surface area contributed by atoms with Gasteiger partial charge in [-0.2, -0.15) is 0 Å². The fourth-order valence-electron chi connectivity index (χ4n) is 6.37. The van der Waals surface area contributed by atoms with Crippen LogP contribution in [0.1, 0.15) is 70.6 Å². The number of methoxy groups -OCH3 is 1. The number of carbonyl (C=O) groups excluding carboxylic acids is 3. The molecule has 0 aromatic rings. The number of ketones is 2. The van der Waals surface area contributed by atoms with Crippen LogP contribution in [-0.4, -0.2) is 81.8 Å². The van der Waals surface area contributed by atoms with Gasteiger partial charge in [0.25, 0.3) is 0 Å². The van der Waals surface area contributed by atoms with Crippen LogP contribution in [0.15, 0.2) is 22.5 Å². The predicted octanol–water partition coefficient (Wildman–Crippen LogP) is 2.28. The minimum atomic E-state index is -0.961. The first-order valence-electron chi connectivity index (χ1n) is 12.8. The average molecular weight is 503 g/mol. The van der Waals surface area contributed by atoms with E-state index in [1.54, 1.807) is 9.80 Å². The number of hydrogen-bond acceptors (Lipinski definition) is 8. The van der Waals surface area contributed by atoms with Crippen LogP contribution >= 0.6 is 0 Å². The first kappa shape index (κ1) is 25.9. The van der Waals surface area contributed by atoms with E-state index in [-0.39, 0.29) is 30.8 Å². The molecule has 0 aromatic heterocycles. The molecule has 0 bridgehead atoms. The van der Waals surface area contributed by atoms with Crippen molar-refractivity contribution >= 4 is 29.5 Å². The number of likely N-dealkylation sites (tertiary alicyclic amines) is 2. The molecule has 2 saturated heterocycles. The molecular weight excluding hydrogens is 468 g/mol. The highest BCUT2D eigenvalue weighted by molar-refractivity contribution is 6.04. The van der Waals surface area contributed by atoms with Crippen LogP contribution < -0.4 is 0 Å². The smallest absolute Gasteiger partial charge is 0.326 e. The lowest BCUT2D eigenvalue weighted by atomic mass is 9.75. The van der Waals surface area contributed by atoms with Crippen molar-refractivity contribution in [2.75, 3.05) is 20.2 Å². The number of carboxylic acid groups (broad SMARTS) is 2. The highest BCUT2D eigenvalue weighted by Gasteiger charge is 2.43. The summed E-state index contributed by atoms with van der Waals surface area (Å²) in [6.07, 6.45) is 4.64. The summed E-state index contributed by atoms with van der Waals surface area (Å²) in [5, 5.41) is 19.6. The second-order valence-corrected chi connectivity index (χ2v) is 9.99. The topological polar surface area (TPSA) is 142 Å². The first-order chi connectivity index (χ1) is 17.2. The molecule has 0 aromatic carbocycles. The number of nitrogens with zero attached hydrogens (tertiary/aromatic N) is 2. The highest BCUT2D eigenvalue weighted by atomic mass is 16.5. The maximum atomic E-state index is 13.5. The maximum Gasteiger partial charge on any atom is 0.326 e. The van der Waals surface area contributed by atoms with Gasteiger partial charge in [0.05, 0.1) is 13.5 Å². The van der Waals surface area contributed by atoms with Crippen LogP contribution in [0.2, 0.25) is 0 Å². The van der Waals surface area contributed by atoms with Crippen molar-refractivity contribution < 1.29 is 38.9 Å². The molecule has 0 saturated carbocycles. The average Bonchev–Trinajstić information content (AvgIpc) is 3.53. The van der Waals surface area contributed by atoms with Gasteiger partial charge in [-0.1, -0.05) is 0 Å². The van der Waals surface area contributed by atoms with Gasteiger partial charge in [0.2, 0.25) is 0 Å². The van der Waals surface area contributed by atoms with Crippen LogP contribution in [-0.2, 0) is 28.7 Å². The van der Waals surface area contributed by atoms with E-state index in [2.05, 4.69) is 0 Å². The minimum Gasteiger partial charge on any atom is -0.480 e. The third-order valence-corrected chi connectivity index (χ3v) is 7.92. The van der Waals surface area contributed by atoms with Gasteiger partial charge < -0.3 is 24.7 Å². The third-order valence-electron chi connectivity index (χ3n) is 7.92. The Morgan fingerprint density at radius 2 is 1.25 bits per heavy atom. The molecule has 2 aliphatic heterocycles. The molecule has 2 fully saturated rings. The molecule has 0 spiro atoms. The zero-order chi connectivity index (χ0) is 26.0. The standard InChI is InChI=1S/C26H34N2O8/c1-36-22(31)14-15(23-16(6-2-10-20(23)29)27-12-4-8-18(27)25(32)33)24-17(7-3-11-21(24)30)28-13-5-9-19(28)26(34)35/h15,18-19H,2-14H2,1H3,(H,32,33)(H,34,35)/t18-,19-/m0/s1. The number of Topliss-reactive ketones (excluding diaryl/α,β-unsaturated/α-hetero) is 2. The van der Waals surface area contributed by atoms with E-state index in [4.69, 9.17) is 4.74 Å². The Bertz CT molecular complexity index is 957. The summed E-state index contributed by atoms with van der Waals surface area (Å²) in [5.41, 5.74) is 1.86. The van der Waals surface area contributed by atoms with E-state index < -0.39 is 35.9 Å². The molecule has 196 valence electrons. The Hall–Kier alpha value is -3.17. The third kappa shape index (κ3) is 4.90. The molecule has 10 nitrogen and oxygen atoms in total. The van der Waals surface area contributed by atoms with Crippen LogP contribution in [0, 0.1) is 5.92 Å². The van der Waals surface area contributed by atoms with Gasteiger partial charge in [-0.3, -0.25) is 14.4 Å². The van der Waals surface area contributed by atoms with Crippen molar-refractivity contribution in [2.24, 2.45) is 5.92 Å². The number of aliphatic carboxylic acids is 2. The molecule has 10 heteroatoms. The van der Waals surface area contributed by atoms with Crippen molar-refractivity contribution in [3.8, 4) is 0 Å². The van der Waals surface area contributed by atoms with E-state index in [0.29, 0.717) is 87.0 Å². The highest BCUT2D eigenvalue weighted by Crippen LogP contribution is 2.43. The van der Waals surface area contributed by atoms with Crippen LogP contribution in [0.3, 0.4) is 0 Å². The molecular formula is C26H34N2O8. The van der Waals surface area contributed by atoms with Crippen LogP contribution in [0.4, 0.5) is 0 Å². The summed E-state index contributed by atoms with van der Waals surface area (Å²) < 4.78 is 4.95. The molecule has 2 aliphatic carbocycles. The van der Waals surface area contributed by atoms with Crippen molar-refractivity contribution in [2.45, 2.75) is 82.7 Å². The molecule has 0 unspecified atom stereocenters. The lowest BCUT2D eigenvalue weighted by Crippen LogP contribution is -2.41.